The Morgan fingerprint density at radius 1 is 1.44 bits per heavy atom. The van der Waals surface area contributed by atoms with E-state index in [9.17, 15) is 13.2 Å². The Kier molecular flexibility index (Phi) is 3.57. The fourth-order valence-electron chi connectivity index (χ4n) is 1.32. The van der Waals surface area contributed by atoms with Crippen molar-refractivity contribution in [1.82, 2.24) is 5.32 Å². The number of halogens is 1. The van der Waals surface area contributed by atoms with Gasteiger partial charge < -0.3 is 5.32 Å². The van der Waals surface area contributed by atoms with Gasteiger partial charge in [-0.25, -0.2) is 13.6 Å². The molecule has 0 atom stereocenters. The van der Waals surface area contributed by atoms with Crippen LogP contribution >= 0.6 is 11.6 Å². The van der Waals surface area contributed by atoms with E-state index in [1.165, 1.54) is 26.1 Å². The number of carbonyl (C=O) groups is 1. The fraction of sp³-hybridized carbons (Fsp3) is 0.222. The number of hydrogen-bond donors (Lipinski definition) is 2. The van der Waals surface area contributed by atoms with Crippen molar-refractivity contribution in [2.24, 2.45) is 5.14 Å². The number of hydrogen-bond acceptors (Lipinski definition) is 3. The number of nitrogens with one attached hydrogen (secondary N) is 1. The molecule has 5 nitrogen and oxygen atoms in total. The first-order chi connectivity index (χ1) is 7.27. The molecule has 0 heterocycles. The van der Waals surface area contributed by atoms with Crippen LogP contribution in [0.25, 0.3) is 0 Å². The van der Waals surface area contributed by atoms with Crippen LogP contribution in [0.15, 0.2) is 17.0 Å². The third-order valence-electron chi connectivity index (χ3n) is 2.10. The molecule has 1 aromatic rings. The third kappa shape index (κ3) is 2.52. The van der Waals surface area contributed by atoms with Crippen LogP contribution in [0.1, 0.15) is 15.9 Å². The summed E-state index contributed by atoms with van der Waals surface area (Å²) in [5.41, 5.74) is 0.477. The van der Waals surface area contributed by atoms with Crippen LogP contribution in [0.2, 0.25) is 5.02 Å². The largest absolute Gasteiger partial charge is 0.355 e. The highest BCUT2D eigenvalue weighted by atomic mass is 35.5. The molecule has 88 valence electrons. The maximum absolute atomic E-state index is 11.5. The second-order valence-electron chi connectivity index (χ2n) is 3.20. The van der Waals surface area contributed by atoms with Gasteiger partial charge in [-0.3, -0.25) is 4.79 Å². The molecule has 1 aromatic carbocycles. The Labute approximate surface area is 98.6 Å². The normalized spacial score (nSPS) is 11.2. The van der Waals surface area contributed by atoms with Gasteiger partial charge in [0.2, 0.25) is 10.0 Å². The van der Waals surface area contributed by atoms with Crippen molar-refractivity contribution in [1.29, 1.82) is 0 Å². The van der Waals surface area contributed by atoms with E-state index >= 15 is 0 Å². The monoisotopic (exact) mass is 262 g/mol. The molecule has 7 heteroatoms. The molecule has 1 rings (SSSR count). The first-order valence-electron chi connectivity index (χ1n) is 4.32. The van der Waals surface area contributed by atoms with Crippen molar-refractivity contribution in [2.45, 2.75) is 11.8 Å². The number of sulfonamides is 1. The standard InChI is InChI=1S/C9H11ClN2O3S/c1-5-7(9(13)12-2)3-6(10)4-8(5)16(11,14)15/h3-4H,1-2H3,(H,12,13)(H2,11,14,15). The van der Waals surface area contributed by atoms with Gasteiger partial charge in [-0.15, -0.1) is 0 Å². The van der Waals surface area contributed by atoms with Gasteiger partial charge in [0.25, 0.3) is 5.91 Å². The molecule has 0 fully saturated rings. The quantitative estimate of drug-likeness (QED) is 0.820. The zero-order valence-corrected chi connectivity index (χ0v) is 10.3. The molecule has 0 aliphatic carbocycles. The minimum absolute atomic E-state index is 0.140. The van der Waals surface area contributed by atoms with Gasteiger partial charge >= 0.3 is 0 Å². The number of amides is 1. The molecule has 0 spiro atoms. The summed E-state index contributed by atoms with van der Waals surface area (Å²) < 4.78 is 22.5. The number of benzene rings is 1. The molecule has 0 saturated carbocycles. The summed E-state index contributed by atoms with van der Waals surface area (Å²) in [6.07, 6.45) is 0. The maximum Gasteiger partial charge on any atom is 0.251 e. The molecule has 0 aliphatic rings. The van der Waals surface area contributed by atoms with Crippen molar-refractivity contribution in [3.8, 4) is 0 Å². The molecule has 1 amide bonds. The second kappa shape index (κ2) is 4.40. The summed E-state index contributed by atoms with van der Waals surface area (Å²) in [7, 11) is -2.44. The van der Waals surface area contributed by atoms with E-state index in [0.29, 0.717) is 0 Å². The zero-order chi connectivity index (χ0) is 12.5. The van der Waals surface area contributed by atoms with Crippen LogP contribution in [-0.4, -0.2) is 21.4 Å². The van der Waals surface area contributed by atoms with Crippen LogP contribution < -0.4 is 10.5 Å². The van der Waals surface area contributed by atoms with Crippen molar-refractivity contribution in [3.05, 3.63) is 28.3 Å². The van der Waals surface area contributed by atoms with Crippen LogP contribution in [-0.2, 0) is 10.0 Å². The highest BCUT2D eigenvalue weighted by Crippen LogP contribution is 2.23. The molecule has 0 radical (unpaired) electrons. The number of rotatable bonds is 2. The fourth-order valence-corrected chi connectivity index (χ4v) is 2.43. The minimum Gasteiger partial charge on any atom is -0.355 e. The molecule has 0 aliphatic heterocycles. The van der Waals surface area contributed by atoms with Crippen LogP contribution in [0.3, 0.4) is 0 Å². The summed E-state index contributed by atoms with van der Waals surface area (Å²) in [6.45, 7) is 1.50. The zero-order valence-electron chi connectivity index (χ0n) is 8.74. The van der Waals surface area contributed by atoms with Crippen LogP contribution in [0.4, 0.5) is 0 Å². The average molecular weight is 263 g/mol. The van der Waals surface area contributed by atoms with Gasteiger partial charge in [0.1, 0.15) is 0 Å². The Bertz CT molecular complexity index is 540. The van der Waals surface area contributed by atoms with Gasteiger partial charge in [0.05, 0.1) is 4.90 Å². The van der Waals surface area contributed by atoms with E-state index in [1.807, 2.05) is 0 Å². The lowest BCUT2D eigenvalue weighted by atomic mass is 10.1. The van der Waals surface area contributed by atoms with Gasteiger partial charge in [0, 0.05) is 17.6 Å². The van der Waals surface area contributed by atoms with E-state index in [-0.39, 0.29) is 21.0 Å². The maximum atomic E-state index is 11.5. The first kappa shape index (κ1) is 13.0. The summed E-state index contributed by atoms with van der Waals surface area (Å²) in [5, 5.41) is 7.56. The Morgan fingerprint density at radius 2 is 2.00 bits per heavy atom. The lowest BCUT2D eigenvalue weighted by Crippen LogP contribution is -2.21. The van der Waals surface area contributed by atoms with E-state index in [0.717, 1.165) is 0 Å². The molecule has 16 heavy (non-hydrogen) atoms. The van der Waals surface area contributed by atoms with Crippen molar-refractivity contribution in [3.63, 3.8) is 0 Å². The van der Waals surface area contributed by atoms with Gasteiger partial charge in [-0.1, -0.05) is 11.6 Å². The molecule has 0 aromatic heterocycles. The highest BCUT2D eigenvalue weighted by Gasteiger charge is 2.18. The molecule has 0 bridgehead atoms. The lowest BCUT2D eigenvalue weighted by molar-refractivity contribution is 0.0962. The number of primary sulfonamides is 1. The molecule has 3 N–H and O–H groups in total. The summed E-state index contributed by atoms with van der Waals surface area (Å²) in [4.78, 5) is 11.3. The van der Waals surface area contributed by atoms with Crippen molar-refractivity contribution < 1.29 is 13.2 Å². The number of carbonyl (C=O) groups excluding carboxylic acids is 1. The second-order valence-corrected chi connectivity index (χ2v) is 5.17. The van der Waals surface area contributed by atoms with Crippen LogP contribution in [0, 0.1) is 6.92 Å². The predicted octanol–water partition coefficient (Wildman–Crippen LogP) is 0.655. The summed E-state index contributed by atoms with van der Waals surface area (Å²) in [5.74, 6) is -0.412. The van der Waals surface area contributed by atoms with E-state index < -0.39 is 15.9 Å². The lowest BCUT2D eigenvalue weighted by Gasteiger charge is -2.09. The topological polar surface area (TPSA) is 89.3 Å². The summed E-state index contributed by atoms with van der Waals surface area (Å²) in [6, 6.07) is 2.61. The van der Waals surface area contributed by atoms with Crippen molar-refractivity contribution >= 4 is 27.5 Å². The number of nitrogens with two attached hydrogens (primary N) is 1. The molecular formula is C9H11ClN2O3S. The van der Waals surface area contributed by atoms with Gasteiger partial charge in [-0.05, 0) is 24.6 Å². The van der Waals surface area contributed by atoms with E-state index in [4.69, 9.17) is 16.7 Å². The Hall–Kier alpha value is -1.11. The van der Waals surface area contributed by atoms with Crippen molar-refractivity contribution in [2.75, 3.05) is 7.05 Å². The third-order valence-corrected chi connectivity index (χ3v) is 3.36. The minimum atomic E-state index is -3.88. The smallest absolute Gasteiger partial charge is 0.251 e. The SMILES string of the molecule is CNC(=O)c1cc(Cl)cc(S(N)(=O)=O)c1C. The Balaban J connectivity index is 3.56. The average Bonchev–Trinajstić information content (AvgIpc) is 2.18. The predicted molar refractivity (Wildman–Crippen MR) is 61.0 cm³/mol. The van der Waals surface area contributed by atoms with Gasteiger partial charge in [0.15, 0.2) is 0 Å². The van der Waals surface area contributed by atoms with E-state index in [1.54, 1.807) is 0 Å². The van der Waals surface area contributed by atoms with Gasteiger partial charge in [-0.2, -0.15) is 0 Å². The highest BCUT2D eigenvalue weighted by molar-refractivity contribution is 7.89. The Morgan fingerprint density at radius 3 is 2.44 bits per heavy atom. The molecular weight excluding hydrogens is 252 g/mol. The van der Waals surface area contributed by atoms with Crippen LogP contribution in [0.5, 0.6) is 0 Å². The molecule has 0 saturated heterocycles. The first-order valence-corrected chi connectivity index (χ1v) is 6.25. The summed E-state index contributed by atoms with van der Waals surface area (Å²) >= 11 is 5.73. The molecule has 0 unspecified atom stereocenters. The van der Waals surface area contributed by atoms with E-state index in [2.05, 4.69) is 5.32 Å².